The van der Waals surface area contributed by atoms with Crippen LogP contribution in [0.5, 0.6) is 0 Å². The summed E-state index contributed by atoms with van der Waals surface area (Å²) in [5.74, 6) is -2.60. The van der Waals surface area contributed by atoms with Crippen LogP contribution in [0.1, 0.15) is 11.6 Å². The van der Waals surface area contributed by atoms with Crippen LogP contribution < -0.4 is 5.73 Å². The molecule has 1 aromatic rings. The van der Waals surface area contributed by atoms with Crippen LogP contribution in [0.25, 0.3) is 0 Å². The molecule has 0 saturated carbocycles. The highest BCUT2D eigenvalue weighted by Crippen LogP contribution is 2.19. The Kier molecular flexibility index (Phi) is 5.18. The quantitative estimate of drug-likeness (QED) is 0.795. The molecule has 0 radical (unpaired) electrons. The fourth-order valence-corrected chi connectivity index (χ4v) is 1.05. The van der Waals surface area contributed by atoms with E-state index >= 15 is 0 Å². The SMILES string of the molecule is COC(=O)[C@@H](N)c1c(F)cccc1F.Cl. The highest BCUT2D eigenvalue weighted by molar-refractivity contribution is 5.85. The van der Waals surface area contributed by atoms with E-state index in [1.807, 2.05) is 0 Å². The van der Waals surface area contributed by atoms with Gasteiger partial charge in [0, 0.05) is 0 Å². The average molecular weight is 238 g/mol. The van der Waals surface area contributed by atoms with Gasteiger partial charge in [-0.25, -0.2) is 8.78 Å². The summed E-state index contributed by atoms with van der Waals surface area (Å²) in [6.07, 6.45) is 0. The summed E-state index contributed by atoms with van der Waals surface area (Å²) < 4.78 is 30.4. The number of halogens is 3. The second kappa shape index (κ2) is 5.63. The van der Waals surface area contributed by atoms with Crippen molar-refractivity contribution >= 4 is 18.4 Å². The molecule has 15 heavy (non-hydrogen) atoms. The Morgan fingerprint density at radius 2 is 1.87 bits per heavy atom. The zero-order valence-corrected chi connectivity index (χ0v) is 8.68. The van der Waals surface area contributed by atoms with Gasteiger partial charge in [0.1, 0.15) is 17.7 Å². The summed E-state index contributed by atoms with van der Waals surface area (Å²) in [6.45, 7) is 0. The number of carbonyl (C=O) groups is 1. The third-order valence-corrected chi connectivity index (χ3v) is 1.77. The maximum atomic E-state index is 13.1. The molecule has 0 spiro atoms. The fourth-order valence-electron chi connectivity index (χ4n) is 1.05. The Labute approximate surface area is 91.6 Å². The molecule has 84 valence electrons. The largest absolute Gasteiger partial charge is 0.468 e. The van der Waals surface area contributed by atoms with Gasteiger partial charge in [-0.15, -0.1) is 12.4 Å². The number of ether oxygens (including phenoxy) is 1. The zero-order valence-electron chi connectivity index (χ0n) is 7.87. The molecule has 0 aromatic heterocycles. The Hall–Kier alpha value is -1.20. The van der Waals surface area contributed by atoms with Crippen molar-refractivity contribution in [3.05, 3.63) is 35.4 Å². The van der Waals surface area contributed by atoms with Crippen molar-refractivity contribution in [2.45, 2.75) is 6.04 Å². The van der Waals surface area contributed by atoms with Gasteiger partial charge in [-0.2, -0.15) is 0 Å². The molecule has 6 heteroatoms. The molecule has 2 N–H and O–H groups in total. The summed E-state index contributed by atoms with van der Waals surface area (Å²) in [4.78, 5) is 10.9. The number of hydrogen-bond acceptors (Lipinski definition) is 3. The molecule has 0 heterocycles. The third-order valence-electron chi connectivity index (χ3n) is 1.77. The van der Waals surface area contributed by atoms with Crippen molar-refractivity contribution in [3.63, 3.8) is 0 Å². The molecule has 0 aliphatic heterocycles. The molecule has 0 fully saturated rings. The molecule has 1 aromatic carbocycles. The Morgan fingerprint density at radius 3 is 2.27 bits per heavy atom. The predicted molar refractivity (Wildman–Crippen MR) is 52.6 cm³/mol. The van der Waals surface area contributed by atoms with Crippen molar-refractivity contribution in [2.24, 2.45) is 5.73 Å². The lowest BCUT2D eigenvalue weighted by Gasteiger charge is -2.10. The van der Waals surface area contributed by atoms with E-state index in [0.29, 0.717) is 0 Å². The molecule has 0 aliphatic rings. The molecule has 0 aliphatic carbocycles. The zero-order chi connectivity index (χ0) is 10.7. The van der Waals surface area contributed by atoms with Crippen LogP contribution in [0.4, 0.5) is 8.78 Å². The Balaban J connectivity index is 0.00000196. The van der Waals surface area contributed by atoms with Crippen molar-refractivity contribution in [1.82, 2.24) is 0 Å². The van der Waals surface area contributed by atoms with Crippen LogP contribution in [-0.4, -0.2) is 13.1 Å². The normalized spacial score (nSPS) is 11.5. The van der Waals surface area contributed by atoms with E-state index in [1.54, 1.807) is 0 Å². The number of methoxy groups -OCH3 is 1. The smallest absolute Gasteiger partial charge is 0.327 e. The molecular weight excluding hydrogens is 228 g/mol. The van der Waals surface area contributed by atoms with Crippen molar-refractivity contribution in [1.29, 1.82) is 0 Å². The van der Waals surface area contributed by atoms with Gasteiger partial charge >= 0.3 is 5.97 Å². The van der Waals surface area contributed by atoms with Crippen LogP contribution in [0.3, 0.4) is 0 Å². The van der Waals surface area contributed by atoms with Crippen molar-refractivity contribution < 1.29 is 18.3 Å². The topological polar surface area (TPSA) is 52.3 Å². The molecular formula is C9H10ClF2NO2. The van der Waals surface area contributed by atoms with Crippen molar-refractivity contribution in [2.75, 3.05) is 7.11 Å². The lowest BCUT2D eigenvalue weighted by molar-refractivity contribution is -0.142. The van der Waals surface area contributed by atoms with Gasteiger partial charge in [-0.05, 0) is 12.1 Å². The maximum Gasteiger partial charge on any atom is 0.327 e. The maximum absolute atomic E-state index is 13.1. The summed E-state index contributed by atoms with van der Waals surface area (Å²) in [5.41, 5.74) is 4.82. The molecule has 0 unspecified atom stereocenters. The highest BCUT2D eigenvalue weighted by atomic mass is 35.5. The summed E-state index contributed by atoms with van der Waals surface area (Å²) >= 11 is 0. The van der Waals surface area contributed by atoms with Crippen LogP contribution in [0.2, 0.25) is 0 Å². The highest BCUT2D eigenvalue weighted by Gasteiger charge is 2.23. The van der Waals surface area contributed by atoms with Gasteiger partial charge in [0.25, 0.3) is 0 Å². The monoisotopic (exact) mass is 237 g/mol. The van der Waals surface area contributed by atoms with E-state index in [4.69, 9.17) is 5.73 Å². The lowest BCUT2D eigenvalue weighted by atomic mass is 10.1. The van der Waals surface area contributed by atoms with E-state index in [0.717, 1.165) is 19.2 Å². The summed E-state index contributed by atoms with van der Waals surface area (Å²) in [5, 5.41) is 0. The predicted octanol–water partition coefficient (Wildman–Crippen LogP) is 1.56. The number of carbonyl (C=O) groups excluding carboxylic acids is 1. The first kappa shape index (κ1) is 13.8. The number of benzene rings is 1. The van der Waals surface area contributed by atoms with Crippen LogP contribution in [-0.2, 0) is 9.53 Å². The van der Waals surface area contributed by atoms with Gasteiger partial charge in [0.15, 0.2) is 0 Å². The first-order valence-electron chi connectivity index (χ1n) is 3.85. The fraction of sp³-hybridized carbons (Fsp3) is 0.222. The van der Waals surface area contributed by atoms with Gasteiger partial charge in [0.2, 0.25) is 0 Å². The van der Waals surface area contributed by atoms with E-state index in [-0.39, 0.29) is 12.4 Å². The van der Waals surface area contributed by atoms with E-state index in [9.17, 15) is 13.6 Å². The van der Waals surface area contributed by atoms with E-state index < -0.39 is 29.2 Å². The van der Waals surface area contributed by atoms with Gasteiger partial charge in [-0.1, -0.05) is 6.07 Å². The van der Waals surface area contributed by atoms with E-state index in [1.165, 1.54) is 6.07 Å². The molecule has 0 bridgehead atoms. The first-order chi connectivity index (χ1) is 6.57. The lowest BCUT2D eigenvalue weighted by Crippen LogP contribution is -2.24. The molecule has 3 nitrogen and oxygen atoms in total. The molecule has 1 atom stereocenters. The summed E-state index contributed by atoms with van der Waals surface area (Å²) in [7, 11) is 1.10. The molecule has 0 amide bonds. The second-order valence-electron chi connectivity index (χ2n) is 2.64. The van der Waals surface area contributed by atoms with Crippen LogP contribution >= 0.6 is 12.4 Å². The Bertz CT molecular complexity index is 340. The number of rotatable bonds is 2. The first-order valence-corrected chi connectivity index (χ1v) is 3.85. The molecule has 1 rings (SSSR count). The van der Waals surface area contributed by atoms with Gasteiger partial charge in [-0.3, -0.25) is 4.79 Å². The van der Waals surface area contributed by atoms with Crippen LogP contribution in [0, 0.1) is 11.6 Å². The van der Waals surface area contributed by atoms with E-state index in [2.05, 4.69) is 4.74 Å². The van der Waals surface area contributed by atoms with Gasteiger partial charge < -0.3 is 10.5 Å². The molecule has 0 saturated heterocycles. The number of esters is 1. The number of hydrogen-bond donors (Lipinski definition) is 1. The minimum absolute atomic E-state index is 0. The minimum Gasteiger partial charge on any atom is -0.468 e. The minimum atomic E-state index is -1.43. The standard InChI is InChI=1S/C9H9F2NO2.ClH/c1-14-9(13)8(12)7-5(10)3-2-4-6(7)11;/h2-4,8H,12H2,1H3;1H/t8-;/m0./s1. The van der Waals surface area contributed by atoms with Crippen LogP contribution in [0.15, 0.2) is 18.2 Å². The number of nitrogens with two attached hydrogens (primary N) is 1. The second-order valence-corrected chi connectivity index (χ2v) is 2.64. The third kappa shape index (κ3) is 2.87. The summed E-state index contributed by atoms with van der Waals surface area (Å²) in [6, 6.07) is 1.82. The van der Waals surface area contributed by atoms with Crippen molar-refractivity contribution in [3.8, 4) is 0 Å². The van der Waals surface area contributed by atoms with Gasteiger partial charge in [0.05, 0.1) is 12.7 Å². The Morgan fingerprint density at radius 1 is 1.40 bits per heavy atom. The average Bonchev–Trinajstić information content (AvgIpc) is 2.16.